The van der Waals surface area contributed by atoms with E-state index in [1.165, 1.54) is 22.5 Å². The molecule has 0 saturated heterocycles. The highest BCUT2D eigenvalue weighted by Gasteiger charge is 2.20. The molecule has 0 saturated carbocycles. The van der Waals surface area contributed by atoms with Crippen LogP contribution in [0.15, 0.2) is 59.7 Å². The van der Waals surface area contributed by atoms with Crippen molar-refractivity contribution in [1.82, 2.24) is 9.88 Å². The van der Waals surface area contributed by atoms with E-state index in [2.05, 4.69) is 34.2 Å². The Morgan fingerprint density at radius 2 is 1.93 bits per heavy atom. The summed E-state index contributed by atoms with van der Waals surface area (Å²) >= 11 is 7.29. The number of benzene rings is 2. The van der Waals surface area contributed by atoms with Crippen LogP contribution in [-0.2, 0) is 13.0 Å². The lowest BCUT2D eigenvalue weighted by molar-refractivity contribution is 0.235. The number of hydrogen-bond acceptors (Lipinski definition) is 5. The molecule has 0 amide bonds. The molecule has 0 bridgehead atoms. The summed E-state index contributed by atoms with van der Waals surface area (Å²) in [5, 5.41) is 23.3. The number of aliphatic hydroxyl groups is 1. The molecular formula is C22H18ClN3OS. The zero-order chi connectivity index (χ0) is 19.5. The van der Waals surface area contributed by atoms with Crippen LogP contribution in [0.25, 0.3) is 16.8 Å². The van der Waals surface area contributed by atoms with Crippen LogP contribution < -0.4 is 0 Å². The van der Waals surface area contributed by atoms with E-state index in [1.807, 2.05) is 35.7 Å². The van der Waals surface area contributed by atoms with Gasteiger partial charge in [0.15, 0.2) is 0 Å². The summed E-state index contributed by atoms with van der Waals surface area (Å²) in [5.74, 6) is 0.0684. The summed E-state index contributed by atoms with van der Waals surface area (Å²) in [6.45, 7) is 1.97. The molecule has 0 atom stereocenters. The highest BCUT2D eigenvalue weighted by molar-refractivity contribution is 7.11. The minimum absolute atomic E-state index is 0.0684. The Morgan fingerprint density at radius 1 is 1.18 bits per heavy atom. The van der Waals surface area contributed by atoms with Gasteiger partial charge in [-0.3, -0.25) is 4.90 Å². The van der Waals surface area contributed by atoms with E-state index in [4.69, 9.17) is 11.6 Å². The SMILES string of the molecule is N#CC(=C(O)CN1CCc2ccccc2C1)c1nc(-c2ccc(Cl)cc2)cs1. The van der Waals surface area contributed by atoms with Crippen molar-refractivity contribution in [2.24, 2.45) is 0 Å². The molecule has 0 unspecified atom stereocenters. The van der Waals surface area contributed by atoms with Crippen LogP contribution in [0, 0.1) is 11.3 Å². The number of nitrogens with zero attached hydrogens (tertiary/aromatic N) is 3. The normalized spacial score (nSPS) is 14.9. The van der Waals surface area contributed by atoms with E-state index in [0.717, 1.165) is 30.8 Å². The van der Waals surface area contributed by atoms with Crippen LogP contribution in [0.2, 0.25) is 5.02 Å². The number of nitriles is 1. The number of rotatable bonds is 4. The van der Waals surface area contributed by atoms with Gasteiger partial charge in [-0.05, 0) is 29.7 Å². The summed E-state index contributed by atoms with van der Waals surface area (Å²) < 4.78 is 0. The number of aromatic nitrogens is 1. The van der Waals surface area contributed by atoms with Gasteiger partial charge in [0.25, 0.3) is 0 Å². The average molecular weight is 408 g/mol. The van der Waals surface area contributed by atoms with Crippen molar-refractivity contribution in [2.75, 3.05) is 13.1 Å². The number of halogens is 1. The number of hydrogen-bond donors (Lipinski definition) is 1. The van der Waals surface area contributed by atoms with Crippen molar-refractivity contribution in [3.05, 3.63) is 80.8 Å². The molecule has 140 valence electrons. The zero-order valence-electron chi connectivity index (χ0n) is 15.1. The molecule has 4 rings (SSSR count). The molecule has 28 heavy (non-hydrogen) atoms. The lowest BCUT2D eigenvalue weighted by atomic mass is 10.00. The Morgan fingerprint density at radius 3 is 2.68 bits per heavy atom. The van der Waals surface area contributed by atoms with E-state index in [-0.39, 0.29) is 11.3 Å². The maximum absolute atomic E-state index is 10.6. The van der Waals surface area contributed by atoms with Crippen molar-refractivity contribution in [1.29, 1.82) is 5.26 Å². The molecule has 6 heteroatoms. The highest BCUT2D eigenvalue weighted by atomic mass is 35.5. The van der Waals surface area contributed by atoms with Crippen molar-refractivity contribution in [2.45, 2.75) is 13.0 Å². The van der Waals surface area contributed by atoms with Crippen molar-refractivity contribution in [3.8, 4) is 17.3 Å². The zero-order valence-corrected chi connectivity index (χ0v) is 16.7. The number of fused-ring (bicyclic) bond motifs is 1. The lowest BCUT2D eigenvalue weighted by Crippen LogP contribution is -2.32. The Labute approximate surface area is 173 Å². The molecule has 0 radical (unpaired) electrons. The van der Waals surface area contributed by atoms with Crippen LogP contribution in [-0.4, -0.2) is 28.1 Å². The quantitative estimate of drug-likeness (QED) is 0.470. The van der Waals surface area contributed by atoms with Gasteiger partial charge in [0.1, 0.15) is 22.4 Å². The molecule has 4 nitrogen and oxygen atoms in total. The fraction of sp³-hybridized carbons (Fsp3) is 0.182. The average Bonchev–Trinajstić information content (AvgIpc) is 3.19. The summed E-state index contributed by atoms with van der Waals surface area (Å²) in [4.78, 5) is 6.70. The van der Waals surface area contributed by atoms with Gasteiger partial charge in [0.2, 0.25) is 0 Å². The van der Waals surface area contributed by atoms with Gasteiger partial charge in [-0.1, -0.05) is 48.0 Å². The summed E-state index contributed by atoms with van der Waals surface area (Å²) in [6.07, 6.45) is 0.948. The Hall–Kier alpha value is -2.65. The molecule has 1 aliphatic heterocycles. The van der Waals surface area contributed by atoms with Gasteiger partial charge in [-0.2, -0.15) is 5.26 Å². The second kappa shape index (κ2) is 8.15. The maximum atomic E-state index is 10.6. The van der Waals surface area contributed by atoms with Crippen LogP contribution in [0.5, 0.6) is 0 Å². The van der Waals surface area contributed by atoms with Crippen molar-refractivity contribution < 1.29 is 5.11 Å². The van der Waals surface area contributed by atoms with E-state index in [9.17, 15) is 10.4 Å². The van der Waals surface area contributed by atoms with Gasteiger partial charge in [-0.25, -0.2) is 4.98 Å². The number of aliphatic hydroxyl groups excluding tert-OH is 1. The molecule has 0 aliphatic carbocycles. The standard InChI is InChI=1S/C22H18ClN3OS/c23-18-7-5-16(6-8-18)20-14-28-22(25-20)19(11-24)21(27)13-26-10-9-15-3-1-2-4-17(15)12-26/h1-8,14,27H,9-10,12-13H2. The first kappa shape index (κ1) is 18.7. The van der Waals surface area contributed by atoms with Crippen LogP contribution >= 0.6 is 22.9 Å². The topological polar surface area (TPSA) is 60.1 Å². The predicted octanol–water partition coefficient (Wildman–Crippen LogP) is 5.31. The molecule has 1 aromatic heterocycles. The van der Waals surface area contributed by atoms with Crippen LogP contribution in [0.1, 0.15) is 16.1 Å². The van der Waals surface area contributed by atoms with Gasteiger partial charge < -0.3 is 5.11 Å². The summed E-state index contributed by atoms with van der Waals surface area (Å²) in [6, 6.07) is 17.9. The van der Waals surface area contributed by atoms with E-state index >= 15 is 0 Å². The first-order valence-electron chi connectivity index (χ1n) is 8.97. The Bertz CT molecular complexity index is 1070. The minimum atomic E-state index is 0.0684. The van der Waals surface area contributed by atoms with Crippen LogP contribution in [0.3, 0.4) is 0 Å². The van der Waals surface area contributed by atoms with Gasteiger partial charge in [0, 0.05) is 29.1 Å². The smallest absolute Gasteiger partial charge is 0.138 e. The van der Waals surface area contributed by atoms with Gasteiger partial charge >= 0.3 is 0 Å². The third kappa shape index (κ3) is 3.95. The molecule has 0 fully saturated rings. The summed E-state index contributed by atoms with van der Waals surface area (Å²) in [7, 11) is 0. The Balaban J connectivity index is 1.54. The Kier molecular flexibility index (Phi) is 5.45. The van der Waals surface area contributed by atoms with E-state index < -0.39 is 0 Å². The third-order valence-corrected chi connectivity index (χ3v) is 5.95. The highest BCUT2D eigenvalue weighted by Crippen LogP contribution is 2.28. The fourth-order valence-corrected chi connectivity index (χ4v) is 4.33. The van der Waals surface area contributed by atoms with Crippen molar-refractivity contribution >= 4 is 28.5 Å². The monoisotopic (exact) mass is 407 g/mol. The third-order valence-electron chi connectivity index (χ3n) is 4.84. The molecule has 2 heterocycles. The molecule has 2 aromatic carbocycles. The fourth-order valence-electron chi connectivity index (χ4n) is 3.36. The predicted molar refractivity (Wildman–Crippen MR) is 113 cm³/mol. The first-order valence-corrected chi connectivity index (χ1v) is 10.2. The molecular weight excluding hydrogens is 390 g/mol. The minimum Gasteiger partial charge on any atom is -0.509 e. The van der Waals surface area contributed by atoms with E-state index in [1.54, 1.807) is 0 Å². The van der Waals surface area contributed by atoms with Gasteiger partial charge in [-0.15, -0.1) is 11.3 Å². The van der Waals surface area contributed by atoms with E-state index in [0.29, 0.717) is 16.6 Å². The summed E-state index contributed by atoms with van der Waals surface area (Å²) in [5.41, 5.74) is 4.57. The number of allylic oxidation sites excluding steroid dienone is 1. The molecule has 3 aromatic rings. The molecule has 1 N–H and O–H groups in total. The molecule has 1 aliphatic rings. The first-order chi connectivity index (χ1) is 13.6. The maximum Gasteiger partial charge on any atom is 0.138 e. The van der Waals surface area contributed by atoms with Crippen molar-refractivity contribution in [3.63, 3.8) is 0 Å². The second-order valence-corrected chi connectivity index (χ2v) is 8.00. The largest absolute Gasteiger partial charge is 0.509 e. The number of thiazole rings is 1. The lowest BCUT2D eigenvalue weighted by Gasteiger charge is -2.28. The van der Waals surface area contributed by atoms with Gasteiger partial charge in [0.05, 0.1) is 12.2 Å². The van der Waals surface area contributed by atoms with Crippen LogP contribution in [0.4, 0.5) is 0 Å². The second-order valence-electron chi connectivity index (χ2n) is 6.71. The molecule has 0 spiro atoms.